The predicted molar refractivity (Wildman–Crippen MR) is 198 cm³/mol. The lowest BCUT2D eigenvalue weighted by atomic mass is 9.72. The number of nitrogens with one attached hydrogen (secondary N) is 4. The van der Waals surface area contributed by atoms with Crippen LogP contribution in [0.3, 0.4) is 0 Å². The maximum Gasteiger partial charge on any atom is 0.418 e. The molecule has 5 rings (SSSR count). The molecular weight excluding hydrogens is 720 g/mol. The lowest BCUT2D eigenvalue weighted by Gasteiger charge is -2.39. The lowest BCUT2D eigenvalue weighted by molar-refractivity contribution is -0.137. The fourth-order valence-corrected chi connectivity index (χ4v) is 7.41. The van der Waals surface area contributed by atoms with Crippen LogP contribution in [-0.2, 0) is 39.8 Å². The van der Waals surface area contributed by atoms with Crippen LogP contribution in [0.25, 0.3) is 10.9 Å². The monoisotopic (exact) mass is 768 g/mol. The van der Waals surface area contributed by atoms with Gasteiger partial charge in [-0.1, -0.05) is 76.0 Å². The SMILES string of the molecule is CCNC(=O)Nc1nnc([C@@H](CC(=O)[C@]2(NC(=O)[C@H](CC(=O)Cc3ccccc3F)C(C)CC)CCc3[nH]c4c(C(F)(F)F)cccc4c3C2)C(C)CC)o1. The van der Waals surface area contributed by atoms with Gasteiger partial charge in [-0.2, -0.15) is 13.2 Å². The molecule has 0 aliphatic heterocycles. The zero-order chi connectivity index (χ0) is 40.1. The van der Waals surface area contributed by atoms with Crippen molar-refractivity contribution in [2.75, 3.05) is 11.9 Å². The van der Waals surface area contributed by atoms with E-state index in [1.807, 2.05) is 27.7 Å². The van der Waals surface area contributed by atoms with Gasteiger partial charge in [-0.05, 0) is 54.9 Å². The number of fused-ring (bicyclic) bond motifs is 3. The summed E-state index contributed by atoms with van der Waals surface area (Å²) in [7, 11) is 0. The normalized spacial score (nSPS) is 17.8. The van der Waals surface area contributed by atoms with Crippen LogP contribution in [0, 0.1) is 23.6 Å². The molecule has 3 amide bonds. The van der Waals surface area contributed by atoms with Crippen LogP contribution in [-0.4, -0.2) is 50.8 Å². The molecule has 2 unspecified atom stereocenters. The van der Waals surface area contributed by atoms with Gasteiger partial charge in [0, 0.05) is 55.1 Å². The fraction of sp³-hybridized carbons (Fsp3) is 0.500. The van der Waals surface area contributed by atoms with E-state index in [0.717, 1.165) is 6.07 Å². The second-order valence-corrected chi connectivity index (χ2v) is 14.6. The van der Waals surface area contributed by atoms with E-state index >= 15 is 0 Å². The molecule has 0 saturated carbocycles. The molecule has 0 radical (unpaired) electrons. The summed E-state index contributed by atoms with van der Waals surface area (Å²) in [6, 6.07) is 9.09. The average Bonchev–Trinajstić information content (AvgIpc) is 3.76. The highest BCUT2D eigenvalue weighted by molar-refractivity contribution is 5.97. The number of amides is 3. The molecule has 0 saturated heterocycles. The van der Waals surface area contributed by atoms with Crippen molar-refractivity contribution in [1.82, 2.24) is 25.8 Å². The van der Waals surface area contributed by atoms with E-state index in [1.54, 1.807) is 19.1 Å². The van der Waals surface area contributed by atoms with Crippen LogP contribution in [0.4, 0.5) is 28.4 Å². The van der Waals surface area contributed by atoms with Gasteiger partial charge in [0.2, 0.25) is 11.8 Å². The van der Waals surface area contributed by atoms with Gasteiger partial charge < -0.3 is 20.0 Å². The molecule has 0 bridgehead atoms. The topological polar surface area (TPSA) is 159 Å². The molecule has 2 aromatic carbocycles. The zero-order valence-corrected chi connectivity index (χ0v) is 31.7. The van der Waals surface area contributed by atoms with Gasteiger partial charge in [-0.15, -0.1) is 5.10 Å². The van der Waals surface area contributed by atoms with E-state index in [1.165, 1.54) is 24.3 Å². The van der Waals surface area contributed by atoms with Crippen molar-refractivity contribution < 1.29 is 41.2 Å². The molecule has 0 fully saturated rings. The number of anilines is 1. The Morgan fingerprint density at radius 1 is 0.964 bits per heavy atom. The minimum Gasteiger partial charge on any atom is -0.407 e. The number of benzene rings is 2. The van der Waals surface area contributed by atoms with Crippen LogP contribution in [0.2, 0.25) is 0 Å². The first kappa shape index (κ1) is 41.1. The second-order valence-electron chi connectivity index (χ2n) is 14.6. The molecule has 4 aromatic rings. The number of Topliss-reactive ketones (excluding diaryl/α,β-unsaturated/α-hetero) is 2. The molecule has 0 spiro atoms. The number of aromatic nitrogens is 3. The second kappa shape index (κ2) is 17.2. The maximum atomic E-state index is 14.9. The Kier molecular flexibility index (Phi) is 12.8. The summed E-state index contributed by atoms with van der Waals surface area (Å²) in [5.41, 5.74) is -1.28. The number of nitrogens with zero attached hydrogens (tertiary/aromatic N) is 2. The van der Waals surface area contributed by atoms with Crippen molar-refractivity contribution in [3.05, 3.63) is 76.6 Å². The summed E-state index contributed by atoms with van der Waals surface area (Å²) in [5, 5.41) is 16.5. The Hall–Kier alpha value is -5.08. The predicted octanol–water partition coefficient (Wildman–Crippen LogP) is 7.85. The van der Waals surface area contributed by atoms with Crippen LogP contribution < -0.4 is 16.0 Å². The molecule has 296 valence electrons. The van der Waals surface area contributed by atoms with E-state index in [0.29, 0.717) is 36.0 Å². The Bertz CT molecular complexity index is 2030. The highest BCUT2D eigenvalue weighted by Gasteiger charge is 2.47. The first-order valence-electron chi connectivity index (χ1n) is 18.8. The van der Waals surface area contributed by atoms with Gasteiger partial charge in [0.25, 0.3) is 0 Å². The minimum absolute atomic E-state index is 0.0657. The van der Waals surface area contributed by atoms with E-state index in [2.05, 4.69) is 31.1 Å². The Morgan fingerprint density at radius 3 is 2.36 bits per heavy atom. The quantitative estimate of drug-likeness (QED) is 0.0846. The first-order valence-corrected chi connectivity index (χ1v) is 18.8. The standard InChI is InChI=1S/C40H48F4N6O5/c1-6-22(4)27(19-25(51)18-24-12-9-10-15-31(24)41)35(53)48-39(17-16-32-29(21-39)26-13-11-14-30(34(26)46-32)40(42,43)44)33(52)20-28(23(5)7-2)36-49-50-38(55-36)47-37(54)45-8-3/h9-15,22-23,27-28,46H,6-8,16-21H2,1-5H3,(H,48,53)(H2,45,47,50,54)/t22?,23?,27-,28+,39+/m1/s1. The molecule has 5 atom stereocenters. The van der Waals surface area contributed by atoms with Crippen molar-refractivity contribution in [2.45, 2.75) is 104 Å². The molecule has 2 heterocycles. The van der Waals surface area contributed by atoms with Crippen molar-refractivity contribution in [2.24, 2.45) is 17.8 Å². The number of rotatable bonds is 16. The summed E-state index contributed by atoms with van der Waals surface area (Å²) < 4.78 is 62.5. The van der Waals surface area contributed by atoms with Crippen LogP contribution in [0.1, 0.15) is 101 Å². The molecule has 11 nitrogen and oxygen atoms in total. The van der Waals surface area contributed by atoms with E-state index < -0.39 is 52.7 Å². The van der Waals surface area contributed by atoms with Crippen molar-refractivity contribution in [3.8, 4) is 0 Å². The third-order valence-corrected chi connectivity index (χ3v) is 11.0. The molecule has 4 N–H and O–H groups in total. The number of hydrogen-bond acceptors (Lipinski definition) is 7. The first-order chi connectivity index (χ1) is 26.1. The number of urea groups is 1. The number of ketones is 2. The molecule has 1 aliphatic rings. The van der Waals surface area contributed by atoms with Crippen molar-refractivity contribution >= 4 is 40.4 Å². The summed E-state index contributed by atoms with van der Waals surface area (Å²) >= 11 is 0. The summed E-state index contributed by atoms with van der Waals surface area (Å²) in [6.07, 6.45) is -3.98. The average molecular weight is 769 g/mol. The maximum absolute atomic E-state index is 14.9. The Morgan fingerprint density at radius 2 is 1.69 bits per heavy atom. The number of carbonyl (C=O) groups is 4. The van der Waals surface area contributed by atoms with Gasteiger partial charge in [0.15, 0.2) is 5.78 Å². The van der Waals surface area contributed by atoms with Crippen molar-refractivity contribution in [3.63, 3.8) is 0 Å². The summed E-state index contributed by atoms with van der Waals surface area (Å²) in [4.78, 5) is 57.8. The van der Waals surface area contributed by atoms with E-state index in [4.69, 9.17) is 4.42 Å². The molecule has 55 heavy (non-hydrogen) atoms. The lowest BCUT2D eigenvalue weighted by Crippen LogP contribution is -2.59. The molecule has 2 aromatic heterocycles. The number of aromatic amines is 1. The summed E-state index contributed by atoms with van der Waals surface area (Å²) in [5.74, 6) is -3.72. The van der Waals surface area contributed by atoms with Gasteiger partial charge >= 0.3 is 18.2 Å². The number of H-pyrrole nitrogens is 1. The largest absolute Gasteiger partial charge is 0.418 e. The molecular formula is C40H48F4N6O5. The molecule has 15 heteroatoms. The highest BCUT2D eigenvalue weighted by Crippen LogP contribution is 2.42. The van der Waals surface area contributed by atoms with E-state index in [-0.39, 0.29) is 79.1 Å². The Labute approximate surface area is 316 Å². The highest BCUT2D eigenvalue weighted by atomic mass is 19.4. The van der Waals surface area contributed by atoms with Gasteiger partial charge in [0.05, 0.1) is 11.1 Å². The molecule has 1 aliphatic carbocycles. The summed E-state index contributed by atoms with van der Waals surface area (Å²) in [6.45, 7) is 9.63. The number of hydrogen-bond donors (Lipinski definition) is 4. The fourth-order valence-electron chi connectivity index (χ4n) is 7.41. The van der Waals surface area contributed by atoms with Crippen molar-refractivity contribution in [1.29, 1.82) is 0 Å². The van der Waals surface area contributed by atoms with Crippen LogP contribution >= 0.6 is 0 Å². The van der Waals surface area contributed by atoms with Gasteiger partial charge in [-0.3, -0.25) is 19.7 Å². The van der Waals surface area contributed by atoms with Crippen LogP contribution in [0.5, 0.6) is 0 Å². The number of halogens is 4. The smallest absolute Gasteiger partial charge is 0.407 e. The third-order valence-electron chi connectivity index (χ3n) is 11.0. The van der Waals surface area contributed by atoms with E-state index in [9.17, 15) is 36.7 Å². The van der Waals surface area contributed by atoms with Gasteiger partial charge in [0.1, 0.15) is 17.1 Å². The van der Waals surface area contributed by atoms with Gasteiger partial charge in [-0.25, -0.2) is 9.18 Å². The zero-order valence-electron chi connectivity index (χ0n) is 31.7. The number of aryl methyl sites for hydroxylation is 1. The Balaban J connectivity index is 1.52. The number of para-hydroxylation sites is 1. The third kappa shape index (κ3) is 9.25. The minimum atomic E-state index is -4.63. The van der Waals surface area contributed by atoms with Crippen LogP contribution in [0.15, 0.2) is 46.9 Å². The number of carbonyl (C=O) groups excluding carboxylic acids is 4. The number of alkyl halides is 3.